The molecule has 0 aromatic heterocycles. The highest BCUT2D eigenvalue weighted by molar-refractivity contribution is 7.99. The summed E-state index contributed by atoms with van der Waals surface area (Å²) in [5.74, 6) is 2.69. The van der Waals surface area contributed by atoms with Gasteiger partial charge in [0.25, 0.3) is 0 Å². The number of aliphatic hydroxyl groups is 1. The Labute approximate surface area is 119 Å². The molecular formula is C14H23NO3S. The van der Waals surface area contributed by atoms with E-state index in [1.807, 2.05) is 23.9 Å². The van der Waals surface area contributed by atoms with E-state index in [0.29, 0.717) is 5.75 Å². The third kappa shape index (κ3) is 5.72. The van der Waals surface area contributed by atoms with Crippen molar-refractivity contribution in [3.05, 3.63) is 23.8 Å². The van der Waals surface area contributed by atoms with Gasteiger partial charge in [0, 0.05) is 24.9 Å². The lowest BCUT2D eigenvalue weighted by atomic mass is 10.1. The average Bonchev–Trinajstić information content (AvgIpc) is 2.43. The molecule has 1 rings (SSSR count). The van der Waals surface area contributed by atoms with E-state index in [1.54, 1.807) is 13.2 Å². The summed E-state index contributed by atoms with van der Waals surface area (Å²) in [6, 6.07) is 5.62. The number of ether oxygens (including phenoxy) is 1. The lowest BCUT2D eigenvalue weighted by Gasteiger charge is -2.15. The van der Waals surface area contributed by atoms with Gasteiger partial charge in [0.05, 0.1) is 7.11 Å². The zero-order chi connectivity index (χ0) is 14.1. The summed E-state index contributed by atoms with van der Waals surface area (Å²) < 4.78 is 5.10. The Hall–Kier alpha value is -0.910. The Kier molecular flexibility index (Phi) is 7.70. The smallest absolute Gasteiger partial charge is 0.160 e. The maximum Gasteiger partial charge on any atom is 0.160 e. The molecule has 0 amide bonds. The normalized spacial score (nSPS) is 12.4. The monoisotopic (exact) mass is 285 g/mol. The summed E-state index contributed by atoms with van der Waals surface area (Å²) >= 11 is 1.84. The highest BCUT2D eigenvalue weighted by Crippen LogP contribution is 2.28. The molecule has 108 valence electrons. The van der Waals surface area contributed by atoms with Crippen molar-refractivity contribution in [1.29, 1.82) is 0 Å². The molecule has 1 atom stereocenters. The van der Waals surface area contributed by atoms with Gasteiger partial charge in [-0.05, 0) is 36.8 Å². The van der Waals surface area contributed by atoms with E-state index in [0.717, 1.165) is 30.0 Å². The minimum Gasteiger partial charge on any atom is -0.504 e. The molecule has 0 saturated heterocycles. The lowest BCUT2D eigenvalue weighted by molar-refractivity contribution is 0.296. The van der Waals surface area contributed by atoms with Crippen LogP contribution < -0.4 is 10.1 Å². The molecule has 0 bridgehead atoms. The number of nitrogens with one attached hydrogen (secondary N) is 1. The first-order chi connectivity index (χ1) is 9.19. The number of aliphatic hydroxyl groups excluding tert-OH is 1. The van der Waals surface area contributed by atoms with Gasteiger partial charge in [-0.1, -0.05) is 6.07 Å². The molecule has 1 unspecified atom stereocenters. The molecule has 3 N–H and O–H groups in total. The number of aromatic hydroxyl groups is 1. The summed E-state index contributed by atoms with van der Waals surface area (Å²) in [6.45, 7) is 3.27. The van der Waals surface area contributed by atoms with Gasteiger partial charge in [-0.25, -0.2) is 0 Å². The third-order valence-corrected chi connectivity index (χ3v) is 3.92. The van der Waals surface area contributed by atoms with Crippen LogP contribution in [-0.2, 0) is 0 Å². The van der Waals surface area contributed by atoms with Crippen molar-refractivity contribution in [2.45, 2.75) is 19.4 Å². The van der Waals surface area contributed by atoms with Crippen molar-refractivity contribution in [3.8, 4) is 11.5 Å². The van der Waals surface area contributed by atoms with Gasteiger partial charge in [0.15, 0.2) is 11.5 Å². The molecule has 1 aromatic carbocycles. The number of benzene rings is 1. The van der Waals surface area contributed by atoms with Gasteiger partial charge < -0.3 is 20.3 Å². The number of methoxy groups -OCH3 is 1. The number of phenols is 1. The molecule has 0 aliphatic rings. The van der Waals surface area contributed by atoms with Crippen LogP contribution in [0.1, 0.15) is 24.9 Å². The Balaban J connectivity index is 2.34. The summed E-state index contributed by atoms with van der Waals surface area (Å²) in [7, 11) is 1.55. The van der Waals surface area contributed by atoms with E-state index in [-0.39, 0.29) is 18.4 Å². The van der Waals surface area contributed by atoms with Crippen LogP contribution in [0.2, 0.25) is 0 Å². The molecule has 0 heterocycles. The molecule has 5 heteroatoms. The topological polar surface area (TPSA) is 61.7 Å². The summed E-state index contributed by atoms with van der Waals surface area (Å²) in [5, 5.41) is 21.6. The van der Waals surface area contributed by atoms with Crippen molar-refractivity contribution in [1.82, 2.24) is 5.32 Å². The first-order valence-corrected chi connectivity index (χ1v) is 7.63. The maximum absolute atomic E-state index is 9.54. The molecule has 0 radical (unpaired) electrons. The van der Waals surface area contributed by atoms with Crippen molar-refractivity contribution in [2.75, 3.05) is 31.8 Å². The minimum absolute atomic E-state index is 0.165. The van der Waals surface area contributed by atoms with Crippen LogP contribution in [0.5, 0.6) is 11.5 Å². The number of hydrogen-bond acceptors (Lipinski definition) is 5. The second-order valence-corrected chi connectivity index (χ2v) is 5.52. The van der Waals surface area contributed by atoms with E-state index in [2.05, 4.69) is 12.2 Å². The van der Waals surface area contributed by atoms with Crippen molar-refractivity contribution >= 4 is 11.8 Å². The molecule has 0 saturated carbocycles. The summed E-state index contributed by atoms with van der Waals surface area (Å²) in [6.07, 6.45) is 0.857. The molecule has 0 spiro atoms. The average molecular weight is 285 g/mol. The molecule has 4 nitrogen and oxygen atoms in total. The van der Waals surface area contributed by atoms with Gasteiger partial charge in [0.2, 0.25) is 0 Å². The first kappa shape index (κ1) is 16.1. The van der Waals surface area contributed by atoms with E-state index < -0.39 is 0 Å². The van der Waals surface area contributed by atoms with Crippen LogP contribution >= 0.6 is 11.8 Å². The number of phenolic OH excluding ortho intramolecular Hbond substituents is 1. The van der Waals surface area contributed by atoms with E-state index in [1.165, 1.54) is 0 Å². The zero-order valence-corrected chi connectivity index (χ0v) is 12.4. The molecule has 0 aliphatic heterocycles. The highest BCUT2D eigenvalue weighted by Gasteiger charge is 2.08. The SMILES string of the molecule is COc1cc(C(C)NCCSCCCO)ccc1O. The Morgan fingerprint density at radius 1 is 1.37 bits per heavy atom. The summed E-state index contributed by atoms with van der Waals surface area (Å²) in [5.41, 5.74) is 1.09. The lowest BCUT2D eigenvalue weighted by Crippen LogP contribution is -2.21. The van der Waals surface area contributed by atoms with Crippen LogP contribution in [0.3, 0.4) is 0 Å². The fourth-order valence-corrected chi connectivity index (χ4v) is 2.50. The summed E-state index contributed by atoms with van der Waals surface area (Å²) in [4.78, 5) is 0. The van der Waals surface area contributed by atoms with Gasteiger partial charge in [-0.3, -0.25) is 0 Å². The predicted octanol–water partition coefficient (Wildman–Crippen LogP) is 2.17. The van der Waals surface area contributed by atoms with Crippen LogP contribution in [0, 0.1) is 0 Å². The molecule has 0 aliphatic carbocycles. The van der Waals surface area contributed by atoms with Crippen molar-refractivity contribution in [2.24, 2.45) is 0 Å². The molecule has 1 aromatic rings. The van der Waals surface area contributed by atoms with E-state index in [9.17, 15) is 5.11 Å². The fourth-order valence-electron chi connectivity index (χ4n) is 1.70. The van der Waals surface area contributed by atoms with Gasteiger partial charge in [-0.2, -0.15) is 11.8 Å². The Bertz CT molecular complexity index is 374. The van der Waals surface area contributed by atoms with Crippen LogP contribution in [0.25, 0.3) is 0 Å². The number of hydrogen-bond donors (Lipinski definition) is 3. The molecule has 0 fully saturated rings. The quantitative estimate of drug-likeness (QED) is 0.607. The maximum atomic E-state index is 9.54. The Morgan fingerprint density at radius 2 is 2.16 bits per heavy atom. The van der Waals surface area contributed by atoms with Crippen LogP contribution in [-0.4, -0.2) is 42.0 Å². The predicted molar refractivity (Wildman–Crippen MR) is 80.1 cm³/mol. The number of rotatable bonds is 9. The largest absolute Gasteiger partial charge is 0.504 e. The molecular weight excluding hydrogens is 262 g/mol. The van der Waals surface area contributed by atoms with Crippen LogP contribution in [0.4, 0.5) is 0 Å². The third-order valence-electron chi connectivity index (χ3n) is 2.85. The van der Waals surface area contributed by atoms with Crippen molar-refractivity contribution < 1.29 is 14.9 Å². The van der Waals surface area contributed by atoms with E-state index >= 15 is 0 Å². The zero-order valence-electron chi connectivity index (χ0n) is 11.6. The number of thioether (sulfide) groups is 1. The molecule has 19 heavy (non-hydrogen) atoms. The fraction of sp³-hybridized carbons (Fsp3) is 0.571. The van der Waals surface area contributed by atoms with Gasteiger partial charge in [-0.15, -0.1) is 0 Å². The van der Waals surface area contributed by atoms with Gasteiger partial charge in [0.1, 0.15) is 0 Å². The highest BCUT2D eigenvalue weighted by atomic mass is 32.2. The second-order valence-electron chi connectivity index (χ2n) is 4.30. The van der Waals surface area contributed by atoms with Gasteiger partial charge >= 0.3 is 0 Å². The standard InChI is InChI=1S/C14H23NO3S/c1-11(15-6-9-19-8-3-7-16)12-4-5-13(17)14(10-12)18-2/h4-5,10-11,15-17H,3,6-9H2,1-2H3. The Morgan fingerprint density at radius 3 is 2.84 bits per heavy atom. The second kappa shape index (κ2) is 9.07. The van der Waals surface area contributed by atoms with Crippen molar-refractivity contribution in [3.63, 3.8) is 0 Å². The van der Waals surface area contributed by atoms with E-state index in [4.69, 9.17) is 9.84 Å². The first-order valence-electron chi connectivity index (χ1n) is 6.48. The van der Waals surface area contributed by atoms with Crippen LogP contribution in [0.15, 0.2) is 18.2 Å². The minimum atomic E-state index is 0.165.